The van der Waals surface area contributed by atoms with Crippen molar-refractivity contribution in [2.24, 2.45) is 0 Å². The summed E-state index contributed by atoms with van der Waals surface area (Å²) >= 11 is 0. The van der Waals surface area contributed by atoms with E-state index in [-0.39, 0.29) is 62.6 Å². The van der Waals surface area contributed by atoms with Crippen LogP contribution in [0.1, 0.15) is 39.7 Å². The van der Waals surface area contributed by atoms with Crippen molar-refractivity contribution >= 4 is 28.4 Å². The highest BCUT2D eigenvalue weighted by molar-refractivity contribution is 7.89. The van der Waals surface area contributed by atoms with Crippen molar-refractivity contribution < 1.29 is 83.2 Å². The molecule has 3 N–H and O–H groups in total. The van der Waals surface area contributed by atoms with Gasteiger partial charge in [-0.05, 0) is 71.7 Å². The quantitative estimate of drug-likeness (QED) is 0.0355. The van der Waals surface area contributed by atoms with Crippen LogP contribution in [0.3, 0.4) is 0 Å². The Labute approximate surface area is 574 Å². The molecule has 518 valence electrons. The molecule has 20 nitrogen and oxygen atoms in total. The molecule has 4 aliphatic heterocycles. The smallest absolute Gasteiger partial charge is 0.241 e. The average Bonchev–Trinajstić information content (AvgIpc) is 0.760. The molecule has 0 radical (unpaired) electrons. The summed E-state index contributed by atoms with van der Waals surface area (Å²) in [4.78, 5) is -0.138. The minimum atomic E-state index is -4.59. The average molecular weight is 1390 g/mol. The summed E-state index contributed by atoms with van der Waals surface area (Å²) < 4.78 is 157. The van der Waals surface area contributed by atoms with E-state index in [1.165, 1.54) is 24.3 Å². The maximum atomic E-state index is 15.4. The molecule has 4 heterocycles. The molecule has 1 unspecified atom stereocenters. The lowest BCUT2D eigenvalue weighted by molar-refractivity contribution is -0.391. The first kappa shape index (κ1) is 71.1. The second-order valence-corrected chi connectivity index (χ2v) is 33.3. The van der Waals surface area contributed by atoms with E-state index in [1.54, 1.807) is 36.4 Å². The SMILES string of the molecule is C[Si](C)(C)O[C@H]1O[C@H](COCc2ccccc2)[C@@H](O[C@@H]2O[C@H](COCc3ccccc3)[C@@H](O[C@@H]3O[C@@H]4COC(c5ccccc5)O[C@H]4[C@H](O)[C@@H]3OCc3ccccc3)[C@H](OCc3ccccc3)[C@H]2NS(=O)(=O)c2ccccc2)[C@H](OCc2ccccc2)[C@H]1NS(=O)(=O)c1ccccc1. The van der Waals surface area contributed by atoms with Gasteiger partial charge < -0.3 is 66.4 Å². The Morgan fingerprint density at radius 1 is 0.418 bits per heavy atom. The maximum absolute atomic E-state index is 15.4. The first-order valence-electron chi connectivity index (χ1n) is 32.9. The number of fused-ring (bicyclic) bond motifs is 1. The molecule has 98 heavy (non-hydrogen) atoms. The van der Waals surface area contributed by atoms with Crippen molar-refractivity contribution in [3.05, 3.63) is 276 Å². The summed E-state index contributed by atoms with van der Waals surface area (Å²) in [5.74, 6) is 0. The van der Waals surface area contributed by atoms with Gasteiger partial charge in [0.25, 0.3) is 0 Å². The van der Waals surface area contributed by atoms with E-state index in [4.69, 9.17) is 61.3 Å². The van der Waals surface area contributed by atoms with Gasteiger partial charge in [0.05, 0.1) is 62.6 Å². The van der Waals surface area contributed by atoms with Gasteiger partial charge in [-0.3, -0.25) is 0 Å². The minimum Gasteiger partial charge on any atom is -0.392 e. The van der Waals surface area contributed by atoms with E-state index in [1.807, 2.05) is 202 Å². The molecule has 8 aromatic rings. The van der Waals surface area contributed by atoms with Crippen LogP contribution in [-0.4, -0.2) is 142 Å². The van der Waals surface area contributed by atoms with Gasteiger partial charge in [0, 0.05) is 5.56 Å². The number of benzene rings is 8. The van der Waals surface area contributed by atoms with Gasteiger partial charge in [0.1, 0.15) is 73.1 Å². The topological polar surface area (TPSA) is 233 Å². The summed E-state index contributed by atoms with van der Waals surface area (Å²) in [5.41, 5.74) is 4.66. The third kappa shape index (κ3) is 18.8. The summed E-state index contributed by atoms with van der Waals surface area (Å²) in [6, 6.07) is 69.4. The third-order valence-corrected chi connectivity index (χ3v) is 20.9. The third-order valence-electron chi connectivity index (χ3n) is 17.1. The van der Waals surface area contributed by atoms with Crippen LogP contribution in [0.2, 0.25) is 19.6 Å². The molecule has 0 spiro atoms. The Hall–Kier alpha value is -6.76. The van der Waals surface area contributed by atoms with Gasteiger partial charge in [-0.1, -0.05) is 218 Å². The van der Waals surface area contributed by atoms with Crippen molar-refractivity contribution in [3.63, 3.8) is 0 Å². The lowest BCUT2D eigenvalue weighted by Gasteiger charge is -2.52. The van der Waals surface area contributed by atoms with E-state index in [9.17, 15) is 13.5 Å². The number of aliphatic hydroxyl groups is 1. The van der Waals surface area contributed by atoms with Crippen LogP contribution < -0.4 is 9.44 Å². The molecular weight excluding hydrogens is 1310 g/mol. The van der Waals surface area contributed by atoms with Gasteiger partial charge in [-0.2, -0.15) is 0 Å². The number of ether oxygens (including phenoxy) is 12. The van der Waals surface area contributed by atoms with E-state index in [2.05, 4.69) is 9.44 Å². The van der Waals surface area contributed by atoms with Crippen molar-refractivity contribution in [2.75, 3.05) is 19.8 Å². The fourth-order valence-electron chi connectivity index (χ4n) is 12.3. The maximum Gasteiger partial charge on any atom is 0.241 e. The number of rotatable bonds is 30. The van der Waals surface area contributed by atoms with Crippen LogP contribution in [-0.2, 0) is 114 Å². The van der Waals surface area contributed by atoms with E-state index < -0.39 is 127 Å². The fraction of sp³-hybridized carbons (Fsp3) is 0.360. The lowest BCUT2D eigenvalue weighted by Crippen LogP contribution is -2.71. The number of hydrogen-bond donors (Lipinski definition) is 3. The Bertz CT molecular complexity index is 3930. The van der Waals surface area contributed by atoms with E-state index >= 15 is 8.42 Å². The lowest BCUT2D eigenvalue weighted by atomic mass is 9.94. The molecule has 23 heteroatoms. The Morgan fingerprint density at radius 3 is 1.19 bits per heavy atom. The van der Waals surface area contributed by atoms with Crippen LogP contribution in [0, 0.1) is 0 Å². The van der Waals surface area contributed by atoms with Gasteiger partial charge >= 0.3 is 0 Å². The van der Waals surface area contributed by atoms with Crippen molar-refractivity contribution in [2.45, 2.75) is 161 Å². The Balaban J connectivity index is 0.993. The molecule has 4 fully saturated rings. The largest absolute Gasteiger partial charge is 0.392 e. The second kappa shape index (κ2) is 33.6. The van der Waals surface area contributed by atoms with Crippen LogP contribution in [0.4, 0.5) is 0 Å². The summed E-state index contributed by atoms with van der Waals surface area (Å²) in [6.45, 7) is 5.48. The Kier molecular flexibility index (Phi) is 24.4. The minimum absolute atomic E-state index is 0.00938. The molecule has 4 saturated heterocycles. The highest BCUT2D eigenvalue weighted by Gasteiger charge is 2.58. The van der Waals surface area contributed by atoms with Crippen LogP contribution in [0.25, 0.3) is 0 Å². The molecule has 0 bridgehead atoms. The van der Waals surface area contributed by atoms with E-state index in [0.29, 0.717) is 5.56 Å². The van der Waals surface area contributed by atoms with E-state index in [0.717, 1.165) is 27.8 Å². The molecule has 4 aliphatic rings. The number of sulfonamides is 2. The first-order chi connectivity index (χ1) is 47.6. The Morgan fingerprint density at radius 2 is 0.776 bits per heavy atom. The summed E-state index contributed by atoms with van der Waals surface area (Å²) in [5, 5.41) is 12.8. The monoisotopic (exact) mass is 1390 g/mol. The zero-order chi connectivity index (χ0) is 67.9. The highest BCUT2D eigenvalue weighted by atomic mass is 32.2. The predicted molar refractivity (Wildman–Crippen MR) is 365 cm³/mol. The van der Waals surface area contributed by atoms with Gasteiger partial charge in [0.2, 0.25) is 20.0 Å². The molecule has 8 aromatic carbocycles. The second-order valence-electron chi connectivity index (χ2n) is 25.4. The standard InChI is InChI=1S/C75H84N2O18S2Si/c1-98(2,3)95-74-64(77-97(81,82)59-42-26-11-27-43-59)70(86-47-55-34-18-7-19-35-55)67(61(90-74)50-84-45-53-30-14-5-15-31-53)93-73-63(76-96(79,80)58-40-24-10-25-41-58)69(85-46-54-32-16-6-17-33-54)68(60(89-73)49-83-44-52-28-12-4-13-29-52)94-75-71(87-48-56-36-20-8-21-37-56)65(78)66-62(91-75)51-88-72(92-66)57-38-22-9-23-39-57/h4-43,60-78H,44-51H2,1-3H3/t60-,61-,62-,63-,64-,65+,66-,67-,68-,69-,70-,71+,72?,73+,74-,75+/m1/s1. The van der Waals surface area contributed by atoms with Crippen LogP contribution >= 0.6 is 0 Å². The van der Waals surface area contributed by atoms with Crippen molar-refractivity contribution in [1.82, 2.24) is 9.44 Å². The van der Waals surface area contributed by atoms with Crippen molar-refractivity contribution in [1.29, 1.82) is 0 Å². The fourth-order valence-corrected chi connectivity index (χ4v) is 15.7. The van der Waals surface area contributed by atoms with Crippen molar-refractivity contribution in [3.8, 4) is 0 Å². The molecule has 12 rings (SSSR count). The zero-order valence-electron chi connectivity index (χ0n) is 54.7. The van der Waals surface area contributed by atoms with Crippen LogP contribution in [0.15, 0.2) is 252 Å². The first-order valence-corrected chi connectivity index (χ1v) is 39.3. The molecule has 0 aromatic heterocycles. The summed E-state index contributed by atoms with van der Waals surface area (Å²) in [6.07, 6.45) is -17.9. The number of hydrogen-bond acceptors (Lipinski definition) is 18. The predicted octanol–water partition coefficient (Wildman–Crippen LogP) is 10.1. The number of nitrogens with one attached hydrogen (secondary N) is 2. The highest BCUT2D eigenvalue weighted by Crippen LogP contribution is 2.40. The van der Waals surface area contributed by atoms with Crippen LogP contribution in [0.5, 0.6) is 0 Å². The summed E-state index contributed by atoms with van der Waals surface area (Å²) in [7, 11) is -11.7. The molecule has 0 saturated carbocycles. The molecule has 0 amide bonds. The molecular formula is C75H84N2O18S2Si. The van der Waals surface area contributed by atoms with Gasteiger partial charge in [0.15, 0.2) is 33.5 Å². The molecule has 16 atom stereocenters. The van der Waals surface area contributed by atoms with Gasteiger partial charge in [-0.15, -0.1) is 0 Å². The zero-order valence-corrected chi connectivity index (χ0v) is 57.3. The number of aliphatic hydroxyl groups excluding tert-OH is 1. The van der Waals surface area contributed by atoms with Gasteiger partial charge in [-0.25, -0.2) is 26.3 Å². The molecule has 0 aliphatic carbocycles. The normalized spacial score (nSPS) is 27.6.